The van der Waals surface area contributed by atoms with Crippen LogP contribution in [0.15, 0.2) is 42.5 Å². The van der Waals surface area contributed by atoms with Gasteiger partial charge in [0.25, 0.3) is 11.6 Å². The van der Waals surface area contributed by atoms with Gasteiger partial charge in [0.05, 0.1) is 22.6 Å². The zero-order valence-corrected chi connectivity index (χ0v) is 17.3. The molecule has 8 nitrogen and oxygen atoms in total. The Kier molecular flexibility index (Phi) is 5.46. The summed E-state index contributed by atoms with van der Waals surface area (Å²) in [5.41, 5.74) is 2.87. The highest BCUT2D eigenvalue weighted by molar-refractivity contribution is 6.36. The summed E-state index contributed by atoms with van der Waals surface area (Å²) < 4.78 is 5.16. The van der Waals surface area contributed by atoms with Crippen molar-refractivity contribution in [2.75, 3.05) is 20.3 Å². The number of fused-ring (bicyclic) bond motifs is 1. The molecule has 1 amide bonds. The normalized spacial score (nSPS) is 15.5. The Bertz CT molecular complexity index is 1130. The van der Waals surface area contributed by atoms with E-state index in [0.717, 1.165) is 5.56 Å². The minimum absolute atomic E-state index is 0.0279. The third-order valence-electron chi connectivity index (χ3n) is 5.01. The molecule has 1 aliphatic heterocycles. The number of halogens is 2. The van der Waals surface area contributed by atoms with Crippen LogP contribution in [-0.2, 0) is 4.74 Å². The molecule has 0 bridgehead atoms. The van der Waals surface area contributed by atoms with Crippen LogP contribution in [0.5, 0.6) is 0 Å². The van der Waals surface area contributed by atoms with Crippen molar-refractivity contribution in [2.45, 2.75) is 6.04 Å². The predicted octanol–water partition coefficient (Wildman–Crippen LogP) is 4.48. The summed E-state index contributed by atoms with van der Waals surface area (Å²) in [6, 6.07) is 10.7. The average Bonchev–Trinajstić information content (AvgIpc) is 3.25. The van der Waals surface area contributed by atoms with Crippen LogP contribution in [0.25, 0.3) is 11.3 Å². The van der Waals surface area contributed by atoms with E-state index in [2.05, 4.69) is 10.2 Å². The maximum atomic E-state index is 13.1. The number of carbonyl (C=O) groups is 1. The third-order valence-corrected chi connectivity index (χ3v) is 5.55. The van der Waals surface area contributed by atoms with Crippen LogP contribution < -0.4 is 0 Å². The second kappa shape index (κ2) is 8.06. The number of benzene rings is 2. The highest BCUT2D eigenvalue weighted by Crippen LogP contribution is 2.44. The van der Waals surface area contributed by atoms with Crippen molar-refractivity contribution in [2.24, 2.45) is 0 Å². The molecule has 30 heavy (non-hydrogen) atoms. The van der Waals surface area contributed by atoms with Crippen molar-refractivity contribution in [1.29, 1.82) is 0 Å². The van der Waals surface area contributed by atoms with Gasteiger partial charge in [0.2, 0.25) is 0 Å². The van der Waals surface area contributed by atoms with Crippen LogP contribution in [0, 0.1) is 10.1 Å². The summed E-state index contributed by atoms with van der Waals surface area (Å²) in [6.45, 7) is 0.678. The van der Waals surface area contributed by atoms with Crippen LogP contribution >= 0.6 is 23.2 Å². The lowest BCUT2D eigenvalue weighted by atomic mass is 9.96. The number of ether oxygens (including phenoxy) is 1. The second-order valence-corrected chi connectivity index (χ2v) is 7.57. The number of aromatic amines is 1. The van der Waals surface area contributed by atoms with Crippen LogP contribution in [0.1, 0.15) is 27.7 Å². The molecule has 1 unspecified atom stereocenters. The minimum atomic E-state index is -0.496. The van der Waals surface area contributed by atoms with Crippen LogP contribution in [-0.4, -0.2) is 46.2 Å². The first-order valence-electron chi connectivity index (χ1n) is 9.00. The average molecular weight is 447 g/mol. The molecule has 2 aromatic carbocycles. The number of nitrogens with zero attached hydrogens (tertiary/aromatic N) is 3. The van der Waals surface area contributed by atoms with Crippen LogP contribution in [0.4, 0.5) is 5.69 Å². The van der Waals surface area contributed by atoms with Gasteiger partial charge in [-0.25, -0.2) is 0 Å². The topological polar surface area (TPSA) is 101 Å². The summed E-state index contributed by atoms with van der Waals surface area (Å²) >= 11 is 12.4. The number of methoxy groups -OCH3 is 1. The molecule has 1 atom stereocenters. The van der Waals surface area contributed by atoms with Gasteiger partial charge in [-0.3, -0.25) is 20.0 Å². The number of aromatic nitrogens is 2. The molecule has 0 saturated carbocycles. The molecule has 0 saturated heterocycles. The monoisotopic (exact) mass is 446 g/mol. The first-order chi connectivity index (χ1) is 14.4. The highest BCUT2D eigenvalue weighted by Gasteiger charge is 2.42. The lowest BCUT2D eigenvalue weighted by molar-refractivity contribution is -0.384. The van der Waals surface area contributed by atoms with E-state index in [1.165, 1.54) is 12.1 Å². The molecule has 3 aromatic rings. The van der Waals surface area contributed by atoms with Gasteiger partial charge in [-0.15, -0.1) is 0 Å². The number of nitrogens with one attached hydrogen (secondary N) is 1. The number of hydrogen-bond acceptors (Lipinski definition) is 5. The Balaban J connectivity index is 1.86. The molecule has 0 aliphatic carbocycles. The number of carbonyl (C=O) groups excluding carboxylic acids is 1. The first kappa shape index (κ1) is 20.3. The van der Waals surface area contributed by atoms with Crippen molar-refractivity contribution < 1.29 is 14.5 Å². The summed E-state index contributed by atoms with van der Waals surface area (Å²) in [6.07, 6.45) is 0. The fourth-order valence-corrected chi connectivity index (χ4v) is 4.13. The molecule has 10 heteroatoms. The Hall–Kier alpha value is -2.94. The maximum absolute atomic E-state index is 13.1. The minimum Gasteiger partial charge on any atom is -0.383 e. The lowest BCUT2D eigenvalue weighted by Gasteiger charge is -2.26. The number of amides is 1. The molecule has 0 radical (unpaired) electrons. The molecule has 0 fully saturated rings. The molecule has 1 aliphatic rings. The van der Waals surface area contributed by atoms with Crippen molar-refractivity contribution in [3.63, 3.8) is 0 Å². The summed E-state index contributed by atoms with van der Waals surface area (Å²) in [7, 11) is 1.56. The Morgan fingerprint density at radius 3 is 2.60 bits per heavy atom. The molecule has 154 valence electrons. The number of H-pyrrole nitrogens is 1. The standard InChI is InChI=1S/C20H16Cl2N4O4/c1-30-9-8-25-19(11-2-5-13(6-3-11)26(28)29)16-17(23-24-18(16)20(25)27)14-7-4-12(21)10-15(14)22/h2-7,10,19H,8-9H2,1H3,(H,23,24). The number of rotatable bonds is 6. The van der Waals surface area contributed by atoms with Gasteiger partial charge in [0.1, 0.15) is 11.4 Å². The molecular formula is C20H16Cl2N4O4. The van der Waals surface area contributed by atoms with Crippen LogP contribution in [0.3, 0.4) is 0 Å². The maximum Gasteiger partial charge on any atom is 0.273 e. The molecule has 1 N–H and O–H groups in total. The number of hydrogen-bond donors (Lipinski definition) is 1. The molecule has 0 spiro atoms. The zero-order valence-electron chi connectivity index (χ0n) is 15.8. The largest absolute Gasteiger partial charge is 0.383 e. The van der Waals surface area contributed by atoms with E-state index in [1.807, 2.05) is 0 Å². The fourth-order valence-electron chi connectivity index (χ4n) is 3.63. The van der Waals surface area contributed by atoms with E-state index in [1.54, 1.807) is 42.3 Å². The molecule has 4 rings (SSSR count). The van der Waals surface area contributed by atoms with E-state index in [4.69, 9.17) is 27.9 Å². The fraction of sp³-hybridized carbons (Fsp3) is 0.200. The van der Waals surface area contributed by atoms with Crippen molar-refractivity contribution in [3.05, 3.63) is 79.4 Å². The van der Waals surface area contributed by atoms with Gasteiger partial charge in [0.15, 0.2) is 0 Å². The van der Waals surface area contributed by atoms with Crippen molar-refractivity contribution in [3.8, 4) is 11.3 Å². The third kappa shape index (κ3) is 3.43. The van der Waals surface area contributed by atoms with Crippen molar-refractivity contribution >= 4 is 34.8 Å². The van der Waals surface area contributed by atoms with Gasteiger partial charge in [-0.05, 0) is 35.9 Å². The first-order valence-corrected chi connectivity index (χ1v) is 9.76. The quantitative estimate of drug-likeness (QED) is 0.444. The lowest BCUT2D eigenvalue weighted by Crippen LogP contribution is -2.32. The van der Waals surface area contributed by atoms with E-state index in [-0.39, 0.29) is 11.6 Å². The van der Waals surface area contributed by atoms with Gasteiger partial charge < -0.3 is 9.64 Å². The van der Waals surface area contributed by atoms with Gasteiger partial charge in [-0.1, -0.05) is 23.2 Å². The number of nitro benzene ring substituents is 1. The smallest absolute Gasteiger partial charge is 0.273 e. The van der Waals surface area contributed by atoms with Gasteiger partial charge in [-0.2, -0.15) is 5.10 Å². The van der Waals surface area contributed by atoms with E-state index in [0.29, 0.717) is 45.7 Å². The summed E-state index contributed by atoms with van der Waals surface area (Å²) in [5.74, 6) is -0.228. The van der Waals surface area contributed by atoms with Crippen molar-refractivity contribution in [1.82, 2.24) is 15.1 Å². The summed E-state index contributed by atoms with van der Waals surface area (Å²) in [5, 5.41) is 19.1. The molecule has 2 heterocycles. The summed E-state index contributed by atoms with van der Waals surface area (Å²) in [4.78, 5) is 25.3. The van der Waals surface area contributed by atoms with Crippen LogP contribution in [0.2, 0.25) is 10.0 Å². The predicted molar refractivity (Wildman–Crippen MR) is 112 cm³/mol. The van der Waals surface area contributed by atoms with E-state index in [9.17, 15) is 14.9 Å². The zero-order chi connectivity index (χ0) is 21.4. The van der Waals surface area contributed by atoms with E-state index >= 15 is 0 Å². The Labute approximate surface area is 181 Å². The Morgan fingerprint density at radius 2 is 1.97 bits per heavy atom. The van der Waals surface area contributed by atoms with Gasteiger partial charge >= 0.3 is 0 Å². The molecular weight excluding hydrogens is 431 g/mol. The number of non-ortho nitro benzene ring substituents is 1. The second-order valence-electron chi connectivity index (χ2n) is 6.73. The Morgan fingerprint density at radius 1 is 1.23 bits per heavy atom. The molecule has 1 aromatic heterocycles. The number of nitro groups is 1. The van der Waals surface area contributed by atoms with E-state index < -0.39 is 11.0 Å². The highest BCUT2D eigenvalue weighted by atomic mass is 35.5. The SMILES string of the molecule is COCCN1C(=O)c2[nH]nc(-c3ccc(Cl)cc3Cl)c2C1c1ccc([N+](=O)[O-])cc1. The van der Waals surface area contributed by atoms with Gasteiger partial charge in [0, 0.05) is 41.9 Å².